The summed E-state index contributed by atoms with van der Waals surface area (Å²) in [4.78, 5) is 4.59. The molecule has 1 fully saturated rings. The van der Waals surface area contributed by atoms with Crippen LogP contribution in [-0.4, -0.2) is 35.6 Å². The largest absolute Gasteiger partial charge is 0.368 e. The molecule has 3 nitrogen and oxygen atoms in total. The molecular weight excluding hydrogens is 361 g/mol. The van der Waals surface area contributed by atoms with E-state index in [9.17, 15) is 4.39 Å². The van der Waals surface area contributed by atoms with Crippen molar-refractivity contribution in [2.75, 3.05) is 31.1 Å². The molecule has 0 aliphatic carbocycles. The Morgan fingerprint density at radius 1 is 0.828 bits per heavy atom. The Hall–Kier alpha value is -3.27. The molecule has 1 aliphatic heterocycles. The Kier molecular flexibility index (Phi) is 4.27. The van der Waals surface area contributed by atoms with Gasteiger partial charge in [0.15, 0.2) is 0 Å². The van der Waals surface area contributed by atoms with Crippen LogP contribution in [0.3, 0.4) is 0 Å². The topological polar surface area (TPSA) is 11.4 Å². The average Bonchev–Trinajstić information content (AvgIpc) is 3.07. The van der Waals surface area contributed by atoms with E-state index in [2.05, 4.69) is 75.5 Å². The van der Waals surface area contributed by atoms with Crippen molar-refractivity contribution in [1.82, 2.24) is 9.47 Å². The second kappa shape index (κ2) is 6.96. The van der Waals surface area contributed by atoms with E-state index < -0.39 is 0 Å². The summed E-state index contributed by atoms with van der Waals surface area (Å²) in [5.41, 5.74) is 4.28. The minimum absolute atomic E-state index is 0.169. The van der Waals surface area contributed by atoms with Crippen LogP contribution >= 0.6 is 0 Å². The van der Waals surface area contributed by atoms with Gasteiger partial charge in [-0.1, -0.05) is 43.0 Å². The molecule has 0 N–H and O–H groups in total. The summed E-state index contributed by atoms with van der Waals surface area (Å²) in [5, 5.41) is 2.50. The number of para-hydroxylation sites is 2. The van der Waals surface area contributed by atoms with E-state index in [0.717, 1.165) is 43.3 Å². The smallest absolute Gasteiger partial charge is 0.125 e. The van der Waals surface area contributed by atoms with Crippen LogP contribution in [0.2, 0.25) is 0 Å². The number of aromatic nitrogens is 1. The van der Waals surface area contributed by atoms with Gasteiger partial charge in [-0.2, -0.15) is 0 Å². The van der Waals surface area contributed by atoms with Crippen LogP contribution in [0.4, 0.5) is 10.1 Å². The number of anilines is 1. The molecular formula is C25H24FN3. The van der Waals surface area contributed by atoms with E-state index in [1.807, 2.05) is 6.92 Å². The van der Waals surface area contributed by atoms with Gasteiger partial charge in [0.1, 0.15) is 11.6 Å². The van der Waals surface area contributed by atoms with E-state index >= 15 is 0 Å². The van der Waals surface area contributed by atoms with Gasteiger partial charge < -0.3 is 9.80 Å². The minimum Gasteiger partial charge on any atom is -0.368 e. The second-order valence-corrected chi connectivity index (χ2v) is 7.75. The molecule has 146 valence electrons. The number of fused-ring (bicyclic) bond motifs is 3. The Labute approximate surface area is 170 Å². The second-order valence-electron chi connectivity index (χ2n) is 7.75. The van der Waals surface area contributed by atoms with Gasteiger partial charge in [0.2, 0.25) is 0 Å². The maximum Gasteiger partial charge on any atom is 0.125 e. The zero-order valence-corrected chi connectivity index (χ0v) is 16.6. The van der Waals surface area contributed by atoms with Gasteiger partial charge in [-0.15, -0.1) is 0 Å². The van der Waals surface area contributed by atoms with Crippen molar-refractivity contribution >= 4 is 33.3 Å². The third kappa shape index (κ3) is 3.05. The van der Waals surface area contributed by atoms with E-state index in [0.29, 0.717) is 0 Å². The first kappa shape index (κ1) is 17.8. The zero-order chi connectivity index (χ0) is 20.0. The molecule has 0 radical (unpaired) electrons. The Bertz CT molecular complexity index is 1140. The number of halogens is 1. The molecule has 1 aliphatic rings. The summed E-state index contributed by atoms with van der Waals surface area (Å²) in [5.74, 6) is 0.828. The monoisotopic (exact) mass is 385 g/mol. The van der Waals surface area contributed by atoms with Crippen molar-refractivity contribution in [3.8, 4) is 0 Å². The summed E-state index contributed by atoms with van der Waals surface area (Å²) in [6, 6.07) is 22.2. The summed E-state index contributed by atoms with van der Waals surface area (Å²) in [6.45, 7) is 9.80. The first-order chi connectivity index (χ1) is 14.1. The molecule has 2 heterocycles. The molecule has 4 aromatic rings. The predicted octanol–water partition coefficient (Wildman–Crippen LogP) is 5.49. The SMILES string of the molecule is C=C(N1CCN(c2cc(C)cc(F)c2)CC1)n1c2ccccc2c2ccccc21. The van der Waals surface area contributed by atoms with Crippen LogP contribution in [0, 0.1) is 12.7 Å². The molecule has 5 rings (SSSR count). The third-order valence-corrected chi connectivity index (χ3v) is 5.87. The maximum absolute atomic E-state index is 13.8. The summed E-state index contributed by atoms with van der Waals surface area (Å²) < 4.78 is 16.1. The van der Waals surface area contributed by atoms with Gasteiger partial charge in [0.25, 0.3) is 0 Å². The van der Waals surface area contributed by atoms with Crippen LogP contribution in [0.15, 0.2) is 73.3 Å². The number of benzene rings is 3. The number of hydrogen-bond donors (Lipinski definition) is 0. The molecule has 3 aromatic carbocycles. The van der Waals surface area contributed by atoms with E-state index in [1.165, 1.54) is 21.8 Å². The fourth-order valence-electron chi connectivity index (χ4n) is 4.46. The standard InChI is InChI=1S/C25H24FN3/c1-18-15-20(26)17-21(16-18)28-13-11-27(12-14-28)19(2)29-24-9-5-3-7-22(24)23-8-4-6-10-25(23)29/h3-10,15-17H,2,11-14H2,1H3. The van der Waals surface area contributed by atoms with E-state index in [-0.39, 0.29) is 5.82 Å². The molecule has 0 spiro atoms. The highest BCUT2D eigenvalue weighted by atomic mass is 19.1. The van der Waals surface area contributed by atoms with Crippen molar-refractivity contribution in [3.05, 3.63) is 84.7 Å². The zero-order valence-electron chi connectivity index (χ0n) is 16.6. The Morgan fingerprint density at radius 3 is 2.00 bits per heavy atom. The molecule has 0 unspecified atom stereocenters. The van der Waals surface area contributed by atoms with Crippen LogP contribution in [0.1, 0.15) is 5.56 Å². The highest BCUT2D eigenvalue weighted by molar-refractivity contribution is 6.09. The molecule has 0 atom stereocenters. The Balaban J connectivity index is 1.44. The van der Waals surface area contributed by atoms with Crippen LogP contribution in [0.25, 0.3) is 27.6 Å². The van der Waals surface area contributed by atoms with Crippen molar-refractivity contribution in [1.29, 1.82) is 0 Å². The van der Waals surface area contributed by atoms with Gasteiger partial charge in [-0.3, -0.25) is 4.57 Å². The quantitative estimate of drug-likeness (QED) is 0.462. The normalized spacial score (nSPS) is 14.7. The molecule has 0 bridgehead atoms. The van der Waals surface area contributed by atoms with Crippen molar-refractivity contribution < 1.29 is 4.39 Å². The number of rotatable bonds is 3. The lowest BCUT2D eigenvalue weighted by molar-refractivity contribution is 0.355. The molecule has 4 heteroatoms. The summed E-state index contributed by atoms with van der Waals surface area (Å²) in [6.07, 6.45) is 0. The fourth-order valence-corrected chi connectivity index (χ4v) is 4.46. The highest BCUT2D eigenvalue weighted by Gasteiger charge is 2.22. The lowest BCUT2D eigenvalue weighted by Gasteiger charge is -2.38. The minimum atomic E-state index is -0.169. The van der Waals surface area contributed by atoms with Gasteiger partial charge in [0.05, 0.1) is 11.0 Å². The van der Waals surface area contributed by atoms with Crippen molar-refractivity contribution in [3.63, 3.8) is 0 Å². The predicted molar refractivity (Wildman–Crippen MR) is 120 cm³/mol. The van der Waals surface area contributed by atoms with Crippen molar-refractivity contribution in [2.45, 2.75) is 6.92 Å². The Morgan fingerprint density at radius 2 is 1.41 bits per heavy atom. The molecule has 0 saturated carbocycles. The number of hydrogen-bond acceptors (Lipinski definition) is 2. The van der Waals surface area contributed by atoms with E-state index in [1.54, 1.807) is 12.1 Å². The summed E-state index contributed by atoms with van der Waals surface area (Å²) in [7, 11) is 0. The third-order valence-electron chi connectivity index (χ3n) is 5.87. The van der Waals surface area contributed by atoms with Crippen LogP contribution < -0.4 is 4.90 Å². The van der Waals surface area contributed by atoms with Gasteiger partial charge in [0, 0.05) is 42.6 Å². The lowest BCUT2D eigenvalue weighted by Crippen LogP contribution is -2.46. The van der Waals surface area contributed by atoms with Gasteiger partial charge >= 0.3 is 0 Å². The fraction of sp³-hybridized carbons (Fsp3) is 0.200. The first-order valence-electron chi connectivity index (χ1n) is 10.1. The summed E-state index contributed by atoms with van der Waals surface area (Å²) >= 11 is 0. The van der Waals surface area contributed by atoms with E-state index in [4.69, 9.17) is 0 Å². The van der Waals surface area contributed by atoms with Crippen LogP contribution in [-0.2, 0) is 0 Å². The number of piperazine rings is 1. The highest BCUT2D eigenvalue weighted by Crippen LogP contribution is 2.32. The van der Waals surface area contributed by atoms with Gasteiger partial charge in [-0.05, 0) is 42.8 Å². The van der Waals surface area contributed by atoms with Gasteiger partial charge in [-0.25, -0.2) is 4.39 Å². The average molecular weight is 385 g/mol. The number of nitrogens with zero attached hydrogens (tertiary/aromatic N) is 3. The molecule has 1 aromatic heterocycles. The molecule has 29 heavy (non-hydrogen) atoms. The van der Waals surface area contributed by atoms with Crippen molar-refractivity contribution in [2.24, 2.45) is 0 Å². The molecule has 0 amide bonds. The number of aryl methyl sites for hydroxylation is 1. The molecule has 1 saturated heterocycles. The lowest BCUT2D eigenvalue weighted by atomic mass is 10.2. The maximum atomic E-state index is 13.8. The van der Waals surface area contributed by atoms with Crippen LogP contribution in [0.5, 0.6) is 0 Å². The first-order valence-corrected chi connectivity index (χ1v) is 10.1.